The lowest BCUT2D eigenvalue weighted by Crippen LogP contribution is -2.29. The molecule has 0 amide bonds. The second kappa shape index (κ2) is 4.12. The van der Waals surface area contributed by atoms with Gasteiger partial charge in [-0.25, -0.2) is 4.68 Å². The number of hydrogen-bond acceptors (Lipinski definition) is 4. The fourth-order valence-electron chi connectivity index (χ4n) is 1.58. The zero-order valence-corrected chi connectivity index (χ0v) is 7.83. The van der Waals surface area contributed by atoms with E-state index < -0.39 is 7.12 Å². The predicted molar refractivity (Wildman–Crippen MR) is 50.9 cm³/mol. The van der Waals surface area contributed by atoms with Crippen molar-refractivity contribution in [1.82, 2.24) is 9.78 Å². The highest BCUT2D eigenvalue weighted by atomic mass is 16.5. The lowest BCUT2D eigenvalue weighted by molar-refractivity contribution is -0.0394. The first-order valence-electron chi connectivity index (χ1n) is 4.79. The van der Waals surface area contributed by atoms with E-state index >= 15 is 0 Å². The molecule has 1 aromatic heterocycles. The molecular weight excluding hydrogens is 183 g/mol. The van der Waals surface area contributed by atoms with E-state index in [0.717, 1.165) is 25.9 Å². The smallest absolute Gasteiger partial charge is 0.423 e. The van der Waals surface area contributed by atoms with Gasteiger partial charge in [0.15, 0.2) is 0 Å². The van der Waals surface area contributed by atoms with Crippen LogP contribution in [0.15, 0.2) is 12.4 Å². The summed E-state index contributed by atoms with van der Waals surface area (Å²) in [5.74, 6) is 0. The van der Waals surface area contributed by atoms with Gasteiger partial charge in [0.25, 0.3) is 0 Å². The van der Waals surface area contributed by atoms with Gasteiger partial charge in [0, 0.05) is 24.5 Å². The molecule has 1 fully saturated rings. The van der Waals surface area contributed by atoms with Gasteiger partial charge in [-0.3, -0.25) is 0 Å². The van der Waals surface area contributed by atoms with Crippen LogP contribution in [0.2, 0.25) is 0 Å². The molecule has 1 saturated heterocycles. The SMILES string of the molecule is OB(O)c1cnn([C@@H]2CCCCO2)c1. The summed E-state index contributed by atoms with van der Waals surface area (Å²) in [6.07, 6.45) is 6.16. The first-order chi connectivity index (χ1) is 6.77. The normalized spacial score (nSPS) is 22.3. The maximum atomic E-state index is 8.90. The minimum absolute atomic E-state index is 0.0451. The summed E-state index contributed by atoms with van der Waals surface area (Å²) in [4.78, 5) is 0. The van der Waals surface area contributed by atoms with Crippen LogP contribution in [-0.4, -0.2) is 33.6 Å². The Morgan fingerprint density at radius 1 is 1.50 bits per heavy atom. The van der Waals surface area contributed by atoms with E-state index in [0.29, 0.717) is 5.46 Å². The Morgan fingerprint density at radius 3 is 2.93 bits per heavy atom. The number of hydrogen-bond donors (Lipinski definition) is 2. The van der Waals surface area contributed by atoms with Crippen LogP contribution >= 0.6 is 0 Å². The average molecular weight is 196 g/mol. The molecule has 2 heterocycles. The quantitative estimate of drug-likeness (QED) is 0.611. The van der Waals surface area contributed by atoms with Gasteiger partial charge in [-0.05, 0) is 19.3 Å². The Bertz CT molecular complexity index is 297. The van der Waals surface area contributed by atoms with Gasteiger partial charge in [-0.15, -0.1) is 0 Å². The van der Waals surface area contributed by atoms with Gasteiger partial charge in [0.05, 0.1) is 0 Å². The molecule has 0 radical (unpaired) electrons. The van der Waals surface area contributed by atoms with Crippen LogP contribution in [0.5, 0.6) is 0 Å². The van der Waals surface area contributed by atoms with Crippen molar-refractivity contribution in [2.45, 2.75) is 25.5 Å². The highest BCUT2D eigenvalue weighted by Crippen LogP contribution is 2.20. The third-order valence-electron chi connectivity index (χ3n) is 2.37. The summed E-state index contributed by atoms with van der Waals surface area (Å²) >= 11 is 0. The molecular formula is C8H13BN2O3. The molecule has 0 spiro atoms. The first-order valence-corrected chi connectivity index (χ1v) is 4.79. The van der Waals surface area contributed by atoms with Crippen molar-refractivity contribution in [1.29, 1.82) is 0 Å². The minimum Gasteiger partial charge on any atom is -0.423 e. The van der Waals surface area contributed by atoms with E-state index in [-0.39, 0.29) is 6.23 Å². The Labute approximate surface area is 82.5 Å². The third-order valence-corrected chi connectivity index (χ3v) is 2.37. The van der Waals surface area contributed by atoms with Crippen molar-refractivity contribution in [2.75, 3.05) is 6.61 Å². The molecule has 1 atom stereocenters. The van der Waals surface area contributed by atoms with Crippen LogP contribution in [0.4, 0.5) is 0 Å². The highest BCUT2D eigenvalue weighted by molar-refractivity contribution is 6.58. The lowest BCUT2D eigenvalue weighted by atomic mass is 9.83. The molecule has 1 aliphatic heterocycles. The van der Waals surface area contributed by atoms with Gasteiger partial charge in [0.1, 0.15) is 6.23 Å². The summed E-state index contributed by atoms with van der Waals surface area (Å²) in [5.41, 5.74) is 0.402. The van der Waals surface area contributed by atoms with Gasteiger partial charge in [-0.1, -0.05) is 0 Å². The van der Waals surface area contributed by atoms with E-state index in [2.05, 4.69) is 5.10 Å². The summed E-state index contributed by atoms with van der Waals surface area (Å²) < 4.78 is 7.14. The van der Waals surface area contributed by atoms with Crippen LogP contribution in [0.25, 0.3) is 0 Å². The van der Waals surface area contributed by atoms with Crippen LogP contribution in [0, 0.1) is 0 Å². The monoisotopic (exact) mass is 196 g/mol. The Balaban J connectivity index is 2.07. The molecule has 1 aliphatic rings. The molecule has 5 nitrogen and oxygen atoms in total. The zero-order valence-electron chi connectivity index (χ0n) is 7.83. The molecule has 14 heavy (non-hydrogen) atoms. The van der Waals surface area contributed by atoms with Crippen LogP contribution in [0.3, 0.4) is 0 Å². The van der Waals surface area contributed by atoms with Gasteiger partial charge in [-0.2, -0.15) is 5.10 Å². The second-order valence-electron chi connectivity index (χ2n) is 3.45. The standard InChI is InChI=1S/C8H13BN2O3/c12-9(13)7-5-10-11(6-7)8-3-1-2-4-14-8/h5-6,8,12-13H,1-4H2/t8-/m0/s1. The summed E-state index contributed by atoms with van der Waals surface area (Å²) in [6, 6.07) is 0. The second-order valence-corrected chi connectivity index (χ2v) is 3.45. The highest BCUT2D eigenvalue weighted by Gasteiger charge is 2.19. The molecule has 2 N–H and O–H groups in total. The van der Waals surface area contributed by atoms with E-state index in [1.54, 1.807) is 10.9 Å². The largest absolute Gasteiger partial charge is 0.491 e. The topological polar surface area (TPSA) is 67.5 Å². The molecule has 0 unspecified atom stereocenters. The average Bonchev–Trinajstić information content (AvgIpc) is 2.68. The summed E-state index contributed by atoms with van der Waals surface area (Å²) in [5, 5.41) is 21.8. The van der Waals surface area contributed by atoms with E-state index in [1.165, 1.54) is 6.20 Å². The minimum atomic E-state index is -1.45. The Kier molecular flexibility index (Phi) is 2.86. The van der Waals surface area contributed by atoms with Crippen LogP contribution < -0.4 is 5.46 Å². The maximum absolute atomic E-state index is 8.90. The lowest BCUT2D eigenvalue weighted by Gasteiger charge is -2.22. The Hall–Kier alpha value is -0.845. The van der Waals surface area contributed by atoms with Gasteiger partial charge < -0.3 is 14.8 Å². The maximum Gasteiger partial charge on any atom is 0.491 e. The number of rotatable bonds is 2. The number of aromatic nitrogens is 2. The van der Waals surface area contributed by atoms with Crippen LogP contribution in [0.1, 0.15) is 25.5 Å². The molecule has 76 valence electrons. The molecule has 0 bridgehead atoms. The van der Waals surface area contributed by atoms with E-state index in [9.17, 15) is 0 Å². The van der Waals surface area contributed by atoms with Crippen molar-refractivity contribution in [2.24, 2.45) is 0 Å². The molecule has 0 aromatic carbocycles. The van der Waals surface area contributed by atoms with Gasteiger partial charge >= 0.3 is 7.12 Å². The molecule has 1 aromatic rings. The third kappa shape index (κ3) is 1.97. The van der Waals surface area contributed by atoms with E-state index in [4.69, 9.17) is 14.8 Å². The van der Waals surface area contributed by atoms with Crippen molar-refractivity contribution in [3.05, 3.63) is 12.4 Å². The first kappa shape index (κ1) is 9.70. The predicted octanol–water partition coefficient (Wildman–Crippen LogP) is -0.738. The number of ether oxygens (including phenoxy) is 1. The summed E-state index contributed by atoms with van der Waals surface area (Å²) in [7, 11) is -1.45. The van der Waals surface area contributed by atoms with Gasteiger partial charge in [0.2, 0.25) is 0 Å². The fourth-order valence-corrected chi connectivity index (χ4v) is 1.58. The van der Waals surface area contributed by atoms with Crippen LogP contribution in [-0.2, 0) is 4.74 Å². The summed E-state index contributed by atoms with van der Waals surface area (Å²) in [6.45, 7) is 0.752. The number of nitrogens with zero attached hydrogens (tertiary/aromatic N) is 2. The Morgan fingerprint density at radius 2 is 2.36 bits per heavy atom. The van der Waals surface area contributed by atoms with Crippen molar-refractivity contribution < 1.29 is 14.8 Å². The van der Waals surface area contributed by atoms with E-state index in [1.807, 2.05) is 0 Å². The molecule has 0 saturated carbocycles. The molecule has 6 heteroatoms. The van der Waals surface area contributed by atoms with Crippen molar-refractivity contribution >= 4 is 12.6 Å². The molecule has 2 rings (SSSR count). The van der Waals surface area contributed by atoms with Crippen molar-refractivity contribution in [3.8, 4) is 0 Å². The zero-order chi connectivity index (χ0) is 9.97. The molecule has 0 aliphatic carbocycles. The van der Waals surface area contributed by atoms with Crippen molar-refractivity contribution in [3.63, 3.8) is 0 Å². The fraction of sp³-hybridized carbons (Fsp3) is 0.625.